The molecular weight excluding hydrogens is 705 g/mol. The summed E-state index contributed by atoms with van der Waals surface area (Å²) in [6.45, 7) is 6.44. The summed E-state index contributed by atoms with van der Waals surface area (Å²) in [6, 6.07) is 19.8. The Morgan fingerprint density at radius 3 is 2.04 bits per heavy atom. The van der Waals surface area contributed by atoms with Crippen molar-refractivity contribution in [2.45, 2.75) is 76.9 Å². The highest BCUT2D eigenvalue weighted by Gasteiger charge is 2.52. The molecule has 2 saturated carbocycles. The molecule has 3 aromatic heterocycles. The summed E-state index contributed by atoms with van der Waals surface area (Å²) < 4.78 is 4.76. The number of aromatic nitrogens is 5. The number of likely N-dealkylation sites (tertiary alicyclic amines) is 1. The van der Waals surface area contributed by atoms with Gasteiger partial charge in [-0.3, -0.25) is 14.6 Å². The number of aromatic amines is 2. The molecular formula is C44H50N8O4. The molecule has 2 aromatic carbocycles. The van der Waals surface area contributed by atoms with Gasteiger partial charge in [-0.15, -0.1) is 0 Å². The van der Waals surface area contributed by atoms with E-state index in [9.17, 15) is 14.4 Å². The number of alkyl carbamates (subject to hydrolysis) is 1. The van der Waals surface area contributed by atoms with Crippen molar-refractivity contribution in [3.8, 4) is 33.6 Å². The van der Waals surface area contributed by atoms with Gasteiger partial charge in [0, 0.05) is 24.9 Å². The van der Waals surface area contributed by atoms with E-state index in [-0.39, 0.29) is 41.7 Å². The first kappa shape index (κ1) is 37.2. The minimum absolute atomic E-state index is 0.0829. The van der Waals surface area contributed by atoms with E-state index in [1.807, 2.05) is 56.4 Å². The average Bonchev–Trinajstić information content (AvgIpc) is 4.08. The Morgan fingerprint density at radius 2 is 1.41 bits per heavy atom. The number of ether oxygens (including phenoxy) is 1. The van der Waals surface area contributed by atoms with Crippen molar-refractivity contribution in [3.05, 3.63) is 103 Å². The quantitative estimate of drug-likeness (QED) is 0.108. The number of amides is 3. The van der Waals surface area contributed by atoms with Crippen molar-refractivity contribution in [1.29, 1.82) is 0 Å². The largest absolute Gasteiger partial charge is 0.453 e. The van der Waals surface area contributed by atoms with Gasteiger partial charge in [-0.1, -0.05) is 68.4 Å². The molecule has 5 aromatic rings. The van der Waals surface area contributed by atoms with Crippen LogP contribution in [0.1, 0.15) is 88.1 Å². The minimum atomic E-state index is -0.677. The van der Waals surface area contributed by atoms with Crippen LogP contribution in [0.15, 0.2) is 85.5 Å². The van der Waals surface area contributed by atoms with Crippen LogP contribution in [0, 0.1) is 23.7 Å². The molecule has 56 heavy (non-hydrogen) atoms. The number of nitrogens with zero attached hydrogens (tertiary/aromatic N) is 4. The van der Waals surface area contributed by atoms with Gasteiger partial charge < -0.3 is 30.2 Å². The summed E-state index contributed by atoms with van der Waals surface area (Å²) in [5.41, 5.74) is 7.06. The second-order valence-electron chi connectivity index (χ2n) is 16.0. The van der Waals surface area contributed by atoms with Crippen LogP contribution in [0.2, 0.25) is 0 Å². The Labute approximate surface area is 327 Å². The van der Waals surface area contributed by atoms with Crippen LogP contribution in [-0.4, -0.2) is 67.4 Å². The Kier molecular flexibility index (Phi) is 10.5. The highest BCUT2D eigenvalue weighted by molar-refractivity contribution is 5.86. The smallest absolute Gasteiger partial charge is 0.407 e. The lowest BCUT2D eigenvalue weighted by atomic mass is 9.78. The van der Waals surface area contributed by atoms with Crippen molar-refractivity contribution in [2.75, 3.05) is 13.7 Å². The third kappa shape index (κ3) is 7.32. The first-order valence-corrected chi connectivity index (χ1v) is 19.8. The third-order valence-electron chi connectivity index (χ3n) is 12.2. The fraction of sp³-hybridized carbons (Fsp3) is 0.409. The molecule has 12 nitrogen and oxygen atoms in total. The zero-order chi connectivity index (χ0) is 38.9. The van der Waals surface area contributed by atoms with Crippen LogP contribution >= 0.6 is 0 Å². The zero-order valence-electron chi connectivity index (χ0n) is 32.4. The zero-order valence-corrected chi connectivity index (χ0v) is 32.4. The van der Waals surface area contributed by atoms with Gasteiger partial charge >= 0.3 is 6.09 Å². The molecule has 3 unspecified atom stereocenters. The minimum Gasteiger partial charge on any atom is -0.453 e. The maximum Gasteiger partial charge on any atom is 0.407 e. The second kappa shape index (κ2) is 15.8. The standard InChI is InChI=1S/C44H50N8O4/c1-25(2)39(51-44(55)56-4)43(54)52-20-6-8-36(52)40-46-23-34(49-40)29-13-9-27(10-14-29)28-11-15-30(16-12-28)35-24-47-41(50-35)37-31-17-18-32(21-31)38(37)42(53)48-26(3)33-7-5-19-45-22-33/h5,7,9-16,19,22-26,31-32,36-39H,6,8,17-18,20-21H2,1-4H3,(H,46,49)(H,47,50)(H,48,53)(H,51,55)/t26?,31?,32?,36-,37-,38-,39-/m0/s1. The molecule has 3 amide bonds. The highest BCUT2D eigenvalue weighted by atomic mass is 16.5. The van der Waals surface area contributed by atoms with Crippen molar-refractivity contribution >= 4 is 17.9 Å². The van der Waals surface area contributed by atoms with Crippen molar-refractivity contribution in [2.24, 2.45) is 23.7 Å². The SMILES string of the molecule is COC(=O)N[C@H](C(=O)N1CCC[C@H]1c1ncc(-c2ccc(-c3ccc(-c4cnc([C@H]5C6CCC(C6)[C@@H]5C(=O)NC(C)c5cccnc5)[nH]4)cc3)cc2)[nH]1)C(C)C. The number of hydrogen-bond donors (Lipinski definition) is 4. The van der Waals surface area contributed by atoms with Gasteiger partial charge in [0.05, 0.1) is 48.9 Å². The molecule has 0 radical (unpaired) electrons. The Hall–Kier alpha value is -5.78. The summed E-state index contributed by atoms with van der Waals surface area (Å²) in [7, 11) is 1.30. The number of carbonyl (C=O) groups excluding carboxylic acids is 3. The highest BCUT2D eigenvalue weighted by Crippen LogP contribution is 2.56. The predicted molar refractivity (Wildman–Crippen MR) is 213 cm³/mol. The topological polar surface area (TPSA) is 158 Å². The van der Waals surface area contributed by atoms with Gasteiger partial charge in [-0.05, 0) is 90.7 Å². The maximum atomic E-state index is 13.7. The number of rotatable bonds is 11. The fourth-order valence-corrected chi connectivity index (χ4v) is 9.27. The number of carbonyl (C=O) groups is 3. The summed E-state index contributed by atoms with van der Waals surface area (Å²) in [5.74, 6) is 2.37. The number of pyridine rings is 1. The van der Waals surface area contributed by atoms with E-state index in [1.54, 1.807) is 6.20 Å². The van der Waals surface area contributed by atoms with E-state index in [0.717, 1.165) is 83.0 Å². The number of H-pyrrole nitrogens is 2. The molecule has 4 N–H and O–H groups in total. The maximum absolute atomic E-state index is 13.7. The Morgan fingerprint density at radius 1 is 0.786 bits per heavy atom. The fourth-order valence-electron chi connectivity index (χ4n) is 9.27. The number of benzene rings is 2. The molecule has 290 valence electrons. The van der Waals surface area contributed by atoms with Crippen molar-refractivity contribution < 1.29 is 19.1 Å². The Bertz CT molecular complexity index is 2160. The van der Waals surface area contributed by atoms with Crippen LogP contribution in [0.5, 0.6) is 0 Å². The van der Waals surface area contributed by atoms with E-state index >= 15 is 0 Å². The summed E-state index contributed by atoms with van der Waals surface area (Å²) in [6.07, 6.45) is 11.6. The van der Waals surface area contributed by atoms with Crippen LogP contribution in [0.4, 0.5) is 4.79 Å². The van der Waals surface area contributed by atoms with Crippen LogP contribution < -0.4 is 10.6 Å². The number of nitrogens with one attached hydrogen (secondary N) is 4. The first-order chi connectivity index (χ1) is 27.2. The number of imidazole rings is 2. The van der Waals surface area contributed by atoms with E-state index in [4.69, 9.17) is 9.72 Å². The molecule has 7 atom stereocenters. The van der Waals surface area contributed by atoms with Gasteiger partial charge in [-0.25, -0.2) is 14.8 Å². The van der Waals surface area contributed by atoms with Crippen molar-refractivity contribution in [1.82, 2.24) is 40.5 Å². The number of fused-ring (bicyclic) bond motifs is 2. The first-order valence-electron chi connectivity index (χ1n) is 19.8. The molecule has 1 saturated heterocycles. The molecule has 3 fully saturated rings. The van der Waals surface area contributed by atoms with E-state index in [2.05, 4.69) is 79.1 Å². The van der Waals surface area contributed by atoms with Crippen molar-refractivity contribution in [3.63, 3.8) is 0 Å². The molecule has 3 aliphatic rings. The monoisotopic (exact) mass is 754 g/mol. The Balaban J connectivity index is 0.922. The summed E-state index contributed by atoms with van der Waals surface area (Å²) >= 11 is 0. The number of methoxy groups -OCH3 is 1. The van der Waals surface area contributed by atoms with Gasteiger partial charge in [0.25, 0.3) is 0 Å². The second-order valence-corrected chi connectivity index (χ2v) is 16.0. The molecule has 12 heteroatoms. The molecule has 4 heterocycles. The van der Waals surface area contributed by atoms with Gasteiger partial charge in [0.15, 0.2) is 0 Å². The summed E-state index contributed by atoms with van der Waals surface area (Å²) in [4.78, 5) is 61.9. The molecule has 2 aliphatic carbocycles. The van der Waals surface area contributed by atoms with Gasteiger partial charge in [0.2, 0.25) is 11.8 Å². The van der Waals surface area contributed by atoms with E-state index < -0.39 is 12.1 Å². The predicted octanol–water partition coefficient (Wildman–Crippen LogP) is 7.58. The number of hydrogen-bond acceptors (Lipinski definition) is 7. The lowest BCUT2D eigenvalue weighted by Crippen LogP contribution is -2.51. The molecule has 1 aliphatic heterocycles. The van der Waals surface area contributed by atoms with E-state index in [0.29, 0.717) is 18.4 Å². The van der Waals surface area contributed by atoms with Gasteiger partial charge in [0.1, 0.15) is 17.7 Å². The lowest BCUT2D eigenvalue weighted by Gasteiger charge is -2.30. The van der Waals surface area contributed by atoms with Crippen LogP contribution in [-0.2, 0) is 14.3 Å². The molecule has 0 spiro atoms. The van der Waals surface area contributed by atoms with Crippen LogP contribution in [0.25, 0.3) is 33.6 Å². The molecule has 8 rings (SSSR count). The lowest BCUT2D eigenvalue weighted by molar-refractivity contribution is -0.135. The van der Waals surface area contributed by atoms with E-state index in [1.165, 1.54) is 7.11 Å². The normalized spacial score (nSPS) is 22.6. The summed E-state index contributed by atoms with van der Waals surface area (Å²) in [5, 5.41) is 5.98. The van der Waals surface area contributed by atoms with Gasteiger partial charge in [-0.2, -0.15) is 0 Å². The third-order valence-corrected chi connectivity index (χ3v) is 12.2. The molecule has 2 bridgehead atoms. The van der Waals surface area contributed by atoms with Crippen LogP contribution in [0.3, 0.4) is 0 Å². The average molecular weight is 755 g/mol.